The summed E-state index contributed by atoms with van der Waals surface area (Å²) in [4.78, 5) is 0. The molecule has 1 saturated heterocycles. The van der Waals surface area contributed by atoms with Crippen LogP contribution in [0.5, 0.6) is 0 Å². The van der Waals surface area contributed by atoms with Gasteiger partial charge in [-0.1, -0.05) is 19.3 Å². The Kier molecular flexibility index (Phi) is 3.44. The highest BCUT2D eigenvalue weighted by atomic mass is 28.3. The lowest BCUT2D eigenvalue weighted by molar-refractivity contribution is 0.722. The molecule has 1 heterocycles. The maximum Gasteiger partial charge on any atom is 0.216 e. The van der Waals surface area contributed by atoms with Crippen LogP contribution in [0.2, 0.25) is 12.1 Å². The predicted molar refractivity (Wildman–Crippen MR) is 56.1 cm³/mol. The molecule has 0 aromatic heterocycles. The summed E-state index contributed by atoms with van der Waals surface area (Å²) in [6.07, 6.45) is 4.11. The molecule has 0 N–H and O–H groups in total. The SMILES string of the molecule is CC#C[Si]1(C#CC)CCCCC1. The van der Waals surface area contributed by atoms with Crippen LogP contribution < -0.4 is 0 Å². The van der Waals surface area contributed by atoms with Crippen LogP contribution in [0.3, 0.4) is 0 Å². The third-order valence-corrected chi connectivity index (χ3v) is 6.31. The molecule has 0 amide bonds. The van der Waals surface area contributed by atoms with Crippen molar-refractivity contribution < 1.29 is 0 Å². The Morgan fingerprint density at radius 3 is 1.75 bits per heavy atom. The van der Waals surface area contributed by atoms with Crippen LogP contribution in [0.25, 0.3) is 0 Å². The average Bonchev–Trinajstić information content (AvgIpc) is 2.07. The Morgan fingerprint density at radius 2 is 1.33 bits per heavy atom. The van der Waals surface area contributed by atoms with E-state index in [1.54, 1.807) is 0 Å². The molecule has 0 aliphatic carbocycles. The largest absolute Gasteiger partial charge is 0.216 e. The zero-order valence-corrected chi connectivity index (χ0v) is 9.04. The minimum absolute atomic E-state index is 1.31. The smallest absolute Gasteiger partial charge is 0.116 e. The molecular weight excluding hydrogens is 160 g/mol. The third-order valence-electron chi connectivity index (χ3n) is 2.44. The van der Waals surface area contributed by atoms with Gasteiger partial charge in [-0.05, 0) is 25.9 Å². The van der Waals surface area contributed by atoms with E-state index in [0.29, 0.717) is 0 Å². The molecule has 1 aliphatic rings. The van der Waals surface area contributed by atoms with Crippen molar-refractivity contribution in [3.8, 4) is 22.9 Å². The second kappa shape index (κ2) is 4.38. The van der Waals surface area contributed by atoms with Crippen molar-refractivity contribution in [3.05, 3.63) is 0 Å². The van der Waals surface area contributed by atoms with Gasteiger partial charge in [0.05, 0.1) is 0 Å². The first kappa shape index (κ1) is 9.43. The number of rotatable bonds is 0. The summed E-state index contributed by atoms with van der Waals surface area (Å²) >= 11 is 0. The van der Waals surface area contributed by atoms with Gasteiger partial charge in [-0.2, -0.15) is 0 Å². The van der Waals surface area contributed by atoms with Crippen LogP contribution in [0.4, 0.5) is 0 Å². The summed E-state index contributed by atoms with van der Waals surface area (Å²) in [6.45, 7) is 3.89. The average molecular weight is 176 g/mol. The van der Waals surface area contributed by atoms with Crippen LogP contribution >= 0.6 is 0 Å². The van der Waals surface area contributed by atoms with Gasteiger partial charge in [-0.15, -0.1) is 22.9 Å². The van der Waals surface area contributed by atoms with Gasteiger partial charge in [-0.3, -0.25) is 0 Å². The Bertz CT molecular complexity index is 228. The van der Waals surface area contributed by atoms with Crippen LogP contribution in [-0.2, 0) is 0 Å². The lowest BCUT2D eigenvalue weighted by atomic mass is 10.3. The van der Waals surface area contributed by atoms with Crippen molar-refractivity contribution >= 4 is 8.07 Å². The Hall–Kier alpha value is -0.663. The molecule has 0 radical (unpaired) electrons. The zero-order valence-electron chi connectivity index (χ0n) is 8.04. The lowest BCUT2D eigenvalue weighted by Gasteiger charge is -2.24. The molecule has 1 heteroatoms. The normalized spacial score (nSPS) is 19.8. The van der Waals surface area contributed by atoms with Gasteiger partial charge >= 0.3 is 0 Å². The van der Waals surface area contributed by atoms with E-state index in [0.717, 1.165) is 0 Å². The summed E-state index contributed by atoms with van der Waals surface area (Å²) in [5.41, 5.74) is 6.83. The van der Waals surface area contributed by atoms with E-state index in [9.17, 15) is 0 Å². The van der Waals surface area contributed by atoms with Gasteiger partial charge in [0.15, 0.2) is 0 Å². The first-order chi connectivity index (χ1) is 5.83. The summed E-state index contributed by atoms with van der Waals surface area (Å²) in [5, 5.41) is 0. The summed E-state index contributed by atoms with van der Waals surface area (Å²) in [7, 11) is -1.40. The van der Waals surface area contributed by atoms with Crippen molar-refractivity contribution in [2.75, 3.05) is 0 Å². The Balaban J connectivity index is 2.79. The molecule has 0 spiro atoms. The van der Waals surface area contributed by atoms with Gasteiger partial charge in [0.25, 0.3) is 0 Å². The first-order valence-electron chi connectivity index (χ1n) is 4.71. The molecule has 1 fully saturated rings. The molecule has 12 heavy (non-hydrogen) atoms. The van der Waals surface area contributed by atoms with Crippen molar-refractivity contribution in [1.82, 2.24) is 0 Å². The van der Waals surface area contributed by atoms with Gasteiger partial charge in [-0.25, -0.2) is 0 Å². The van der Waals surface area contributed by atoms with Crippen molar-refractivity contribution in [2.24, 2.45) is 0 Å². The highest BCUT2D eigenvalue weighted by Crippen LogP contribution is 2.27. The highest BCUT2D eigenvalue weighted by Gasteiger charge is 2.31. The topological polar surface area (TPSA) is 0 Å². The molecule has 1 rings (SSSR count). The number of hydrogen-bond donors (Lipinski definition) is 0. The molecule has 0 atom stereocenters. The van der Waals surface area contributed by atoms with Gasteiger partial charge in [0.2, 0.25) is 8.07 Å². The standard InChI is InChI=1S/C11H16Si/c1-3-8-12(9-4-2)10-6-5-7-11-12/h5-7,10-11H2,1-2H3. The Labute approximate surface area is 76.8 Å². The predicted octanol–water partition coefficient (Wildman–Crippen LogP) is 2.74. The Morgan fingerprint density at radius 1 is 0.833 bits per heavy atom. The van der Waals surface area contributed by atoms with Crippen LogP contribution in [0.15, 0.2) is 0 Å². The molecule has 64 valence electrons. The third kappa shape index (κ3) is 2.16. The summed E-state index contributed by atoms with van der Waals surface area (Å²) < 4.78 is 0. The van der Waals surface area contributed by atoms with E-state index in [1.807, 2.05) is 13.8 Å². The lowest BCUT2D eigenvalue weighted by Crippen LogP contribution is -2.33. The monoisotopic (exact) mass is 176 g/mol. The van der Waals surface area contributed by atoms with Gasteiger partial charge < -0.3 is 0 Å². The fraction of sp³-hybridized carbons (Fsp3) is 0.636. The molecule has 0 aromatic carbocycles. The fourth-order valence-electron chi connectivity index (χ4n) is 1.92. The highest BCUT2D eigenvalue weighted by molar-refractivity contribution is 6.94. The van der Waals surface area contributed by atoms with Crippen molar-refractivity contribution in [3.63, 3.8) is 0 Å². The molecule has 0 bridgehead atoms. The van der Waals surface area contributed by atoms with E-state index in [2.05, 4.69) is 22.9 Å². The van der Waals surface area contributed by atoms with E-state index in [1.165, 1.54) is 31.4 Å². The molecule has 0 nitrogen and oxygen atoms in total. The molecule has 0 aromatic rings. The quantitative estimate of drug-likeness (QED) is 0.393. The van der Waals surface area contributed by atoms with E-state index in [4.69, 9.17) is 0 Å². The number of hydrogen-bond acceptors (Lipinski definition) is 0. The minimum Gasteiger partial charge on any atom is -0.116 e. The molecule has 1 aliphatic heterocycles. The maximum atomic E-state index is 3.41. The van der Waals surface area contributed by atoms with E-state index >= 15 is 0 Å². The summed E-state index contributed by atoms with van der Waals surface area (Å²) in [5.74, 6) is 6.14. The first-order valence-corrected chi connectivity index (χ1v) is 7.12. The minimum atomic E-state index is -1.40. The molecular formula is C11H16Si. The van der Waals surface area contributed by atoms with Gasteiger partial charge in [0, 0.05) is 0 Å². The second-order valence-corrected chi connectivity index (χ2v) is 7.06. The fourth-order valence-corrected chi connectivity index (χ4v) is 5.39. The second-order valence-electron chi connectivity index (χ2n) is 3.39. The molecule has 0 unspecified atom stereocenters. The molecule has 0 saturated carbocycles. The van der Waals surface area contributed by atoms with Crippen LogP contribution in [0.1, 0.15) is 33.1 Å². The van der Waals surface area contributed by atoms with Crippen LogP contribution in [-0.4, -0.2) is 8.07 Å². The summed E-state index contributed by atoms with van der Waals surface area (Å²) in [6, 6.07) is 2.63. The van der Waals surface area contributed by atoms with Crippen molar-refractivity contribution in [2.45, 2.75) is 45.2 Å². The van der Waals surface area contributed by atoms with E-state index in [-0.39, 0.29) is 0 Å². The van der Waals surface area contributed by atoms with E-state index < -0.39 is 8.07 Å². The van der Waals surface area contributed by atoms with Crippen molar-refractivity contribution in [1.29, 1.82) is 0 Å². The van der Waals surface area contributed by atoms with Gasteiger partial charge in [0.1, 0.15) is 0 Å². The maximum absolute atomic E-state index is 3.41. The van der Waals surface area contributed by atoms with Crippen LogP contribution in [0, 0.1) is 22.9 Å². The zero-order chi connectivity index (χ0) is 8.86.